The zero-order chi connectivity index (χ0) is 13.8. The second kappa shape index (κ2) is 5.52. The van der Waals surface area contributed by atoms with Crippen LogP contribution in [0.15, 0.2) is 42.5 Å². The van der Waals surface area contributed by atoms with Gasteiger partial charge in [0, 0.05) is 5.69 Å². The Labute approximate surface area is 110 Å². The molecule has 3 nitrogen and oxygen atoms in total. The average Bonchev–Trinajstić information content (AvgIpc) is 2.37. The van der Waals surface area contributed by atoms with Gasteiger partial charge in [-0.3, -0.25) is 4.79 Å². The number of phenols is 1. The third kappa shape index (κ3) is 3.55. The van der Waals surface area contributed by atoms with E-state index < -0.39 is 0 Å². The van der Waals surface area contributed by atoms with Gasteiger partial charge in [-0.2, -0.15) is 0 Å². The van der Waals surface area contributed by atoms with E-state index in [1.165, 1.54) is 24.3 Å². The molecular formula is C15H14FNO2. The third-order valence-corrected chi connectivity index (χ3v) is 2.77. The molecule has 0 fully saturated rings. The van der Waals surface area contributed by atoms with E-state index in [-0.39, 0.29) is 23.9 Å². The Balaban J connectivity index is 2.05. The van der Waals surface area contributed by atoms with Crippen molar-refractivity contribution in [3.05, 3.63) is 59.4 Å². The minimum atomic E-state index is -0.384. The van der Waals surface area contributed by atoms with Crippen LogP contribution < -0.4 is 5.32 Å². The number of phenolic OH excluding ortho intramolecular Hbond substituents is 1. The largest absolute Gasteiger partial charge is 0.508 e. The highest BCUT2D eigenvalue weighted by Crippen LogP contribution is 2.17. The second-order valence-corrected chi connectivity index (χ2v) is 4.35. The molecule has 1 amide bonds. The summed E-state index contributed by atoms with van der Waals surface area (Å²) in [7, 11) is 0. The number of hydrogen-bond acceptors (Lipinski definition) is 2. The number of benzene rings is 2. The number of carbonyl (C=O) groups is 1. The molecule has 0 aromatic heterocycles. The van der Waals surface area contributed by atoms with Gasteiger partial charge in [0.25, 0.3) is 0 Å². The van der Waals surface area contributed by atoms with Gasteiger partial charge in [0.15, 0.2) is 0 Å². The van der Waals surface area contributed by atoms with Crippen molar-refractivity contribution in [3.63, 3.8) is 0 Å². The molecule has 0 saturated carbocycles. The molecule has 0 unspecified atom stereocenters. The molecular weight excluding hydrogens is 245 g/mol. The second-order valence-electron chi connectivity index (χ2n) is 4.35. The number of halogens is 1. The third-order valence-electron chi connectivity index (χ3n) is 2.77. The summed E-state index contributed by atoms with van der Waals surface area (Å²) in [6, 6.07) is 10.7. The average molecular weight is 259 g/mol. The first-order chi connectivity index (χ1) is 9.04. The molecule has 2 rings (SSSR count). The molecule has 2 aromatic rings. The molecule has 98 valence electrons. The van der Waals surface area contributed by atoms with Gasteiger partial charge < -0.3 is 10.4 Å². The molecule has 2 aromatic carbocycles. The number of nitrogens with one attached hydrogen (secondary N) is 1. The summed E-state index contributed by atoms with van der Waals surface area (Å²) < 4.78 is 13.1. The van der Waals surface area contributed by atoms with Crippen LogP contribution in [0.1, 0.15) is 11.1 Å². The van der Waals surface area contributed by atoms with Crippen LogP contribution in [-0.4, -0.2) is 11.0 Å². The van der Waals surface area contributed by atoms with E-state index in [9.17, 15) is 9.18 Å². The maximum absolute atomic E-state index is 13.1. The lowest BCUT2D eigenvalue weighted by Crippen LogP contribution is -2.15. The van der Waals surface area contributed by atoms with Crippen LogP contribution in [0.3, 0.4) is 0 Å². The van der Waals surface area contributed by atoms with E-state index in [0.29, 0.717) is 5.69 Å². The number of rotatable bonds is 3. The molecule has 0 bridgehead atoms. The van der Waals surface area contributed by atoms with E-state index in [2.05, 4.69) is 5.32 Å². The Morgan fingerprint density at radius 1 is 1.21 bits per heavy atom. The first-order valence-electron chi connectivity index (χ1n) is 5.88. The van der Waals surface area contributed by atoms with Gasteiger partial charge in [-0.15, -0.1) is 0 Å². The quantitative estimate of drug-likeness (QED) is 0.890. The zero-order valence-electron chi connectivity index (χ0n) is 10.5. The fourth-order valence-corrected chi connectivity index (χ4v) is 1.72. The Morgan fingerprint density at radius 2 is 1.89 bits per heavy atom. The van der Waals surface area contributed by atoms with Crippen LogP contribution in [0.4, 0.5) is 10.1 Å². The molecule has 0 radical (unpaired) electrons. The first kappa shape index (κ1) is 13.1. The van der Waals surface area contributed by atoms with E-state index in [4.69, 9.17) is 5.11 Å². The lowest BCUT2D eigenvalue weighted by atomic mass is 10.1. The van der Waals surface area contributed by atoms with Crippen LogP contribution in [-0.2, 0) is 11.2 Å². The molecule has 4 heteroatoms. The topological polar surface area (TPSA) is 49.3 Å². The van der Waals surface area contributed by atoms with Crippen LogP contribution in [0, 0.1) is 12.7 Å². The zero-order valence-corrected chi connectivity index (χ0v) is 10.5. The summed E-state index contributed by atoms with van der Waals surface area (Å²) in [4.78, 5) is 11.8. The molecule has 19 heavy (non-hydrogen) atoms. The van der Waals surface area contributed by atoms with E-state index in [0.717, 1.165) is 11.1 Å². The van der Waals surface area contributed by atoms with Crippen molar-refractivity contribution in [3.8, 4) is 5.75 Å². The van der Waals surface area contributed by atoms with E-state index >= 15 is 0 Å². The van der Waals surface area contributed by atoms with Crippen molar-refractivity contribution in [1.82, 2.24) is 0 Å². The van der Waals surface area contributed by atoms with Crippen LogP contribution in [0.2, 0.25) is 0 Å². The van der Waals surface area contributed by atoms with Gasteiger partial charge in [0.1, 0.15) is 11.6 Å². The van der Waals surface area contributed by atoms with Crippen LogP contribution in [0.25, 0.3) is 0 Å². The predicted molar refractivity (Wildman–Crippen MR) is 71.6 cm³/mol. The highest BCUT2D eigenvalue weighted by Gasteiger charge is 2.07. The maximum Gasteiger partial charge on any atom is 0.228 e. The predicted octanol–water partition coefficient (Wildman–Crippen LogP) is 3.02. The molecule has 0 atom stereocenters. The smallest absolute Gasteiger partial charge is 0.228 e. The van der Waals surface area contributed by atoms with Crippen molar-refractivity contribution >= 4 is 11.6 Å². The Bertz CT molecular complexity index is 594. The van der Waals surface area contributed by atoms with Crippen molar-refractivity contribution in [1.29, 1.82) is 0 Å². The maximum atomic E-state index is 13.1. The summed E-state index contributed by atoms with van der Waals surface area (Å²) in [5, 5.41) is 11.8. The number of carbonyl (C=O) groups excluding carboxylic acids is 1. The Kier molecular flexibility index (Phi) is 3.80. The van der Waals surface area contributed by atoms with Crippen LogP contribution in [0.5, 0.6) is 5.75 Å². The number of amides is 1. The summed E-state index contributed by atoms with van der Waals surface area (Å²) in [6.07, 6.45) is 0.177. The number of anilines is 1. The molecule has 0 aliphatic heterocycles. The molecule has 0 aliphatic rings. The summed E-state index contributed by atoms with van der Waals surface area (Å²) >= 11 is 0. The summed E-state index contributed by atoms with van der Waals surface area (Å²) in [6.45, 7) is 1.80. The van der Waals surface area contributed by atoms with Crippen molar-refractivity contribution in [2.24, 2.45) is 0 Å². The van der Waals surface area contributed by atoms with Gasteiger partial charge in [0.05, 0.1) is 6.42 Å². The minimum absolute atomic E-state index is 0.158. The monoisotopic (exact) mass is 259 g/mol. The fraction of sp³-hybridized carbons (Fsp3) is 0.133. The van der Waals surface area contributed by atoms with Gasteiger partial charge in [-0.05, 0) is 42.3 Å². The van der Waals surface area contributed by atoms with Crippen molar-refractivity contribution in [2.75, 3.05) is 5.32 Å². The highest BCUT2D eigenvalue weighted by atomic mass is 19.1. The normalized spacial score (nSPS) is 10.2. The number of aryl methyl sites for hydroxylation is 1. The molecule has 0 heterocycles. The fourth-order valence-electron chi connectivity index (χ4n) is 1.72. The highest BCUT2D eigenvalue weighted by molar-refractivity contribution is 5.92. The molecule has 0 aliphatic carbocycles. The van der Waals surface area contributed by atoms with E-state index in [1.807, 2.05) is 0 Å². The van der Waals surface area contributed by atoms with Gasteiger partial charge in [-0.25, -0.2) is 4.39 Å². The Morgan fingerprint density at radius 3 is 2.58 bits per heavy atom. The SMILES string of the molecule is Cc1ccc(F)cc1NC(=O)Cc1ccc(O)cc1. The Hall–Kier alpha value is -2.36. The van der Waals surface area contributed by atoms with Gasteiger partial charge in [-0.1, -0.05) is 18.2 Å². The standard InChI is InChI=1S/C15H14FNO2/c1-10-2-5-12(16)9-14(10)17-15(19)8-11-3-6-13(18)7-4-11/h2-7,9,18H,8H2,1H3,(H,17,19). The number of hydrogen-bond donors (Lipinski definition) is 2. The lowest BCUT2D eigenvalue weighted by molar-refractivity contribution is -0.115. The van der Waals surface area contributed by atoms with Gasteiger partial charge >= 0.3 is 0 Å². The first-order valence-corrected chi connectivity index (χ1v) is 5.88. The molecule has 2 N–H and O–H groups in total. The summed E-state index contributed by atoms with van der Waals surface area (Å²) in [5.74, 6) is -0.449. The number of aromatic hydroxyl groups is 1. The molecule has 0 saturated heterocycles. The van der Waals surface area contributed by atoms with Gasteiger partial charge in [0.2, 0.25) is 5.91 Å². The van der Waals surface area contributed by atoms with Crippen molar-refractivity contribution < 1.29 is 14.3 Å². The van der Waals surface area contributed by atoms with Crippen LogP contribution >= 0.6 is 0 Å². The molecule has 0 spiro atoms. The van der Waals surface area contributed by atoms with E-state index in [1.54, 1.807) is 25.1 Å². The lowest BCUT2D eigenvalue weighted by Gasteiger charge is -2.08. The summed E-state index contributed by atoms with van der Waals surface area (Å²) in [5.41, 5.74) is 2.06. The van der Waals surface area contributed by atoms with Crippen molar-refractivity contribution in [2.45, 2.75) is 13.3 Å². The minimum Gasteiger partial charge on any atom is -0.508 e.